The Bertz CT molecular complexity index is 549. The Balaban J connectivity index is 0.00000361. The fraction of sp³-hybridized carbons (Fsp3) is 0.286. The van der Waals surface area contributed by atoms with Crippen molar-refractivity contribution in [1.82, 2.24) is 0 Å². The Kier molecular flexibility index (Phi) is 7.68. The number of hydrogen-bond donors (Lipinski definition) is 3. The van der Waals surface area contributed by atoms with Gasteiger partial charge < -0.3 is 15.7 Å². The van der Waals surface area contributed by atoms with E-state index in [4.69, 9.17) is 0 Å². The van der Waals surface area contributed by atoms with E-state index in [0.717, 1.165) is 5.57 Å². The van der Waals surface area contributed by atoms with Crippen molar-refractivity contribution in [2.45, 2.75) is 27.7 Å². The van der Waals surface area contributed by atoms with E-state index in [1.807, 2.05) is 13.8 Å². The first-order chi connectivity index (χ1) is 8.81. The third-order valence-corrected chi connectivity index (χ3v) is 2.58. The maximum Gasteiger partial charge on any atom is 0.240 e. The number of allylic oxidation sites excluding steroid dienone is 1. The first kappa shape index (κ1) is 18.8. The zero-order valence-corrected chi connectivity index (χ0v) is 14.8. The molecule has 6 heteroatoms. The quantitative estimate of drug-likeness (QED) is 0.445. The molecule has 1 rings (SSSR count). The van der Waals surface area contributed by atoms with Crippen LogP contribution in [-0.4, -0.2) is 16.9 Å². The molecule has 1 aromatic rings. The van der Waals surface area contributed by atoms with Gasteiger partial charge in [-0.2, -0.15) is 6.07 Å². The molecule has 0 aromatic heterocycles. The van der Waals surface area contributed by atoms with Gasteiger partial charge in [-0.3, -0.25) is 9.59 Å². The van der Waals surface area contributed by atoms with E-state index in [2.05, 4.69) is 16.7 Å². The van der Waals surface area contributed by atoms with Gasteiger partial charge in [-0.25, -0.2) is 0 Å². The standard InChI is InChI=1S/C14H17N2O3.Y/c1-8(2)9(3)14(19)16-12-6-5-11(7-13(12)18)15-10(4)17;/h6-7,18H,1-4H3,(H,15,17)(H,16,19);/q-1;. The molecule has 1 radical (unpaired) electrons. The van der Waals surface area contributed by atoms with Crippen LogP contribution < -0.4 is 10.6 Å². The first-order valence-corrected chi connectivity index (χ1v) is 5.79. The van der Waals surface area contributed by atoms with E-state index < -0.39 is 0 Å². The summed E-state index contributed by atoms with van der Waals surface area (Å²) in [7, 11) is 0. The monoisotopic (exact) mass is 350 g/mol. The Morgan fingerprint density at radius 3 is 2.20 bits per heavy atom. The zero-order chi connectivity index (χ0) is 14.6. The van der Waals surface area contributed by atoms with Crippen LogP contribution in [0.15, 0.2) is 23.3 Å². The van der Waals surface area contributed by atoms with Gasteiger partial charge >= 0.3 is 0 Å². The molecule has 0 aliphatic heterocycles. The first-order valence-electron chi connectivity index (χ1n) is 5.79. The molecule has 0 fully saturated rings. The van der Waals surface area contributed by atoms with Crippen LogP contribution in [-0.2, 0) is 42.3 Å². The Labute approximate surface area is 143 Å². The summed E-state index contributed by atoms with van der Waals surface area (Å²) in [5, 5.41) is 14.8. The molecule has 1 aromatic carbocycles. The van der Waals surface area contributed by atoms with Crippen molar-refractivity contribution in [1.29, 1.82) is 0 Å². The van der Waals surface area contributed by atoms with Crippen molar-refractivity contribution in [3.05, 3.63) is 29.3 Å². The molecule has 5 nitrogen and oxygen atoms in total. The summed E-state index contributed by atoms with van der Waals surface area (Å²) in [5.74, 6) is -0.666. The molecule has 0 saturated carbocycles. The molecule has 0 bridgehead atoms. The molecule has 20 heavy (non-hydrogen) atoms. The number of aromatic hydroxyl groups is 1. The van der Waals surface area contributed by atoms with Crippen molar-refractivity contribution in [3.8, 4) is 5.75 Å². The van der Waals surface area contributed by atoms with E-state index in [-0.39, 0.29) is 56.0 Å². The topological polar surface area (TPSA) is 78.4 Å². The number of hydrogen-bond acceptors (Lipinski definition) is 3. The van der Waals surface area contributed by atoms with Gasteiger partial charge in [-0.05, 0) is 26.5 Å². The van der Waals surface area contributed by atoms with Crippen molar-refractivity contribution >= 4 is 23.2 Å². The van der Waals surface area contributed by atoms with Crippen molar-refractivity contribution < 1.29 is 47.4 Å². The smallest absolute Gasteiger partial charge is 0.240 e. The normalized spacial score (nSPS) is 9.20. The average Bonchev–Trinajstić information content (AvgIpc) is 2.30. The molecule has 0 saturated heterocycles. The number of carbonyl (C=O) groups is 2. The molecule has 0 spiro atoms. The minimum atomic E-state index is -0.282. The SMILES string of the molecule is CC(=O)Nc1[c-]cc(NC(=O)C(C)=C(C)C)c(O)c1.[Y]. The van der Waals surface area contributed by atoms with Crippen molar-refractivity contribution in [2.24, 2.45) is 0 Å². The maximum absolute atomic E-state index is 11.8. The van der Waals surface area contributed by atoms with Gasteiger partial charge in [0, 0.05) is 51.0 Å². The van der Waals surface area contributed by atoms with Gasteiger partial charge in [0.05, 0.1) is 0 Å². The molecule has 0 heterocycles. The summed E-state index contributed by atoms with van der Waals surface area (Å²) in [5.41, 5.74) is 2.09. The maximum atomic E-state index is 11.8. The van der Waals surface area contributed by atoms with E-state index in [9.17, 15) is 14.7 Å². The van der Waals surface area contributed by atoms with Crippen molar-refractivity contribution in [3.63, 3.8) is 0 Å². The minimum Gasteiger partial charge on any atom is -0.531 e. The number of carbonyl (C=O) groups excluding carboxylic acids is 2. The average molecular weight is 350 g/mol. The van der Waals surface area contributed by atoms with Crippen LogP contribution in [0.5, 0.6) is 5.75 Å². The second-order valence-corrected chi connectivity index (χ2v) is 4.41. The number of amides is 2. The molecule has 0 atom stereocenters. The summed E-state index contributed by atoms with van der Waals surface area (Å²) in [6.45, 7) is 6.73. The molecular weight excluding hydrogens is 333 g/mol. The van der Waals surface area contributed by atoms with E-state index >= 15 is 0 Å². The number of benzene rings is 1. The summed E-state index contributed by atoms with van der Waals surface area (Å²) in [4.78, 5) is 22.7. The minimum absolute atomic E-state index is 0. The molecule has 0 aliphatic rings. The van der Waals surface area contributed by atoms with Crippen LogP contribution >= 0.6 is 0 Å². The number of phenolic OH excluding ortho intramolecular Hbond substituents is 1. The number of nitrogens with one attached hydrogen (secondary N) is 2. The molecule has 0 unspecified atom stereocenters. The summed E-state index contributed by atoms with van der Waals surface area (Å²) in [6, 6.07) is 5.50. The van der Waals surface area contributed by atoms with E-state index in [1.54, 1.807) is 6.92 Å². The van der Waals surface area contributed by atoms with Crippen LogP contribution in [0.1, 0.15) is 27.7 Å². The van der Waals surface area contributed by atoms with E-state index in [0.29, 0.717) is 11.3 Å². The summed E-state index contributed by atoms with van der Waals surface area (Å²) < 4.78 is 0. The molecule has 105 valence electrons. The van der Waals surface area contributed by atoms with Gasteiger partial charge in [0.15, 0.2) is 0 Å². The summed E-state index contributed by atoms with van der Waals surface area (Å²) >= 11 is 0. The number of anilines is 2. The van der Waals surface area contributed by atoms with Gasteiger partial charge in [0.2, 0.25) is 11.8 Å². The fourth-order valence-corrected chi connectivity index (χ4v) is 1.29. The van der Waals surface area contributed by atoms with Crippen LogP contribution in [0.25, 0.3) is 0 Å². The van der Waals surface area contributed by atoms with Gasteiger partial charge in [0.25, 0.3) is 0 Å². The number of phenols is 1. The van der Waals surface area contributed by atoms with Gasteiger partial charge in [-0.1, -0.05) is 11.3 Å². The predicted octanol–water partition coefficient (Wildman–Crippen LogP) is 2.44. The molecule has 0 aliphatic carbocycles. The van der Waals surface area contributed by atoms with Gasteiger partial charge in [0.1, 0.15) is 0 Å². The van der Waals surface area contributed by atoms with Crippen LogP contribution in [0.4, 0.5) is 11.4 Å². The second-order valence-electron chi connectivity index (χ2n) is 4.41. The van der Waals surface area contributed by atoms with Crippen LogP contribution in [0, 0.1) is 6.07 Å². The van der Waals surface area contributed by atoms with Crippen LogP contribution in [0.2, 0.25) is 0 Å². The summed E-state index contributed by atoms with van der Waals surface area (Å²) in [6.07, 6.45) is 0. The number of rotatable bonds is 3. The largest absolute Gasteiger partial charge is 0.531 e. The molecule has 3 N–H and O–H groups in total. The van der Waals surface area contributed by atoms with Crippen molar-refractivity contribution in [2.75, 3.05) is 10.6 Å². The Morgan fingerprint density at radius 1 is 1.15 bits per heavy atom. The van der Waals surface area contributed by atoms with Gasteiger partial charge in [-0.15, -0.1) is 12.1 Å². The van der Waals surface area contributed by atoms with Crippen LogP contribution in [0.3, 0.4) is 0 Å². The van der Waals surface area contributed by atoms with E-state index in [1.165, 1.54) is 19.1 Å². The second kappa shape index (κ2) is 8.17. The molecular formula is C14H17N2O3Y-. The Morgan fingerprint density at radius 2 is 1.75 bits per heavy atom. The molecule has 2 amide bonds. The third-order valence-electron chi connectivity index (χ3n) is 2.58. The predicted molar refractivity (Wildman–Crippen MR) is 73.9 cm³/mol. The Hall–Kier alpha value is -1.20. The zero-order valence-electron chi connectivity index (χ0n) is 12.0. The third kappa shape index (κ3) is 5.43. The fourth-order valence-electron chi connectivity index (χ4n) is 1.29.